The Morgan fingerprint density at radius 2 is 1.41 bits per heavy atom. The molecule has 1 rings (SSSR count). The summed E-state index contributed by atoms with van der Waals surface area (Å²) in [6.07, 6.45) is 19.7. The van der Waals surface area contributed by atoms with Crippen molar-refractivity contribution in [2.75, 3.05) is 43.4 Å². The van der Waals surface area contributed by atoms with Crippen molar-refractivity contribution in [2.24, 2.45) is 0 Å². The smallest absolute Gasteiger partial charge is 0.353 e. The normalized spacial score (nSPS) is 13.8. The second kappa shape index (κ2) is 25.9. The number of nitrogen functional groups attached to an aromatic ring is 1. The van der Waals surface area contributed by atoms with Gasteiger partial charge < -0.3 is 29.7 Å². The Kier molecular flexibility index (Phi) is 24.3. The molecular formula is C29H56N3O6PS2. The zero-order valence-electron chi connectivity index (χ0n) is 25.5. The average molecular weight is 638 g/mol. The van der Waals surface area contributed by atoms with Crippen LogP contribution in [0.1, 0.15) is 115 Å². The highest BCUT2D eigenvalue weighted by atomic mass is 33.1. The summed E-state index contributed by atoms with van der Waals surface area (Å²) >= 11 is 0. The third kappa shape index (κ3) is 23.6. The van der Waals surface area contributed by atoms with Crippen LogP contribution in [-0.4, -0.2) is 63.7 Å². The van der Waals surface area contributed by atoms with Crippen molar-refractivity contribution >= 4 is 35.1 Å². The van der Waals surface area contributed by atoms with Crippen molar-refractivity contribution in [1.29, 1.82) is 0 Å². The minimum atomic E-state index is -3.91. The average Bonchev–Trinajstić information content (AvgIpc) is 2.93. The maximum Gasteiger partial charge on any atom is 0.353 e. The first kappa shape index (κ1) is 38.5. The Hall–Kier alpha value is -0.550. The van der Waals surface area contributed by atoms with Crippen LogP contribution in [0.3, 0.4) is 0 Å². The highest BCUT2D eigenvalue weighted by Gasteiger charge is 2.22. The Labute approximate surface area is 256 Å². The number of aryl methyl sites for hydroxylation is 1. The molecule has 41 heavy (non-hydrogen) atoms. The van der Waals surface area contributed by atoms with Gasteiger partial charge in [0.25, 0.3) is 0 Å². The topological polar surface area (TPSA) is 137 Å². The molecule has 0 saturated carbocycles. The van der Waals surface area contributed by atoms with E-state index in [-0.39, 0.29) is 31.6 Å². The summed E-state index contributed by atoms with van der Waals surface area (Å²) in [7, 11) is -0.126. The van der Waals surface area contributed by atoms with Crippen LogP contribution in [0.2, 0.25) is 0 Å². The van der Waals surface area contributed by atoms with Gasteiger partial charge in [0.15, 0.2) is 0 Å². The predicted molar refractivity (Wildman–Crippen MR) is 174 cm³/mol. The lowest BCUT2D eigenvalue weighted by Gasteiger charge is -2.18. The molecule has 4 N–H and O–H groups in total. The summed E-state index contributed by atoms with van der Waals surface area (Å²) in [6, 6.07) is 1.60. The number of ether oxygens (including phenoxy) is 2. The van der Waals surface area contributed by atoms with E-state index in [0.29, 0.717) is 12.1 Å². The summed E-state index contributed by atoms with van der Waals surface area (Å²) in [5, 5.41) is 9.49. The standard InChI is InChI=1S/C29H56N3O6PS2/c1-3-4-5-6-7-8-9-10-11-12-13-14-15-17-20-40-41-21-18-16-19-38-39(34,35)25-37-27(23-33)24-36-28-22-26(2)31-29(30)32-28/h22,27,33H,3-21,23-25H2,1-2H3,(H,34,35)(H2,30,31,32). The molecule has 9 nitrogen and oxygen atoms in total. The number of rotatable bonds is 29. The van der Waals surface area contributed by atoms with E-state index in [1.165, 1.54) is 95.6 Å². The molecule has 1 heterocycles. The Morgan fingerprint density at radius 1 is 0.878 bits per heavy atom. The number of aromatic nitrogens is 2. The van der Waals surface area contributed by atoms with E-state index in [9.17, 15) is 14.6 Å². The van der Waals surface area contributed by atoms with Crippen LogP contribution in [-0.2, 0) is 13.8 Å². The number of hydrogen-bond donors (Lipinski definition) is 3. The van der Waals surface area contributed by atoms with Crippen molar-refractivity contribution in [2.45, 2.75) is 123 Å². The molecule has 1 aromatic rings. The zero-order valence-corrected chi connectivity index (χ0v) is 28.0. The van der Waals surface area contributed by atoms with Gasteiger partial charge in [-0.1, -0.05) is 112 Å². The molecule has 240 valence electrons. The van der Waals surface area contributed by atoms with Crippen molar-refractivity contribution in [1.82, 2.24) is 9.97 Å². The van der Waals surface area contributed by atoms with Gasteiger partial charge >= 0.3 is 7.60 Å². The number of unbranched alkanes of at least 4 members (excludes halogenated alkanes) is 14. The summed E-state index contributed by atoms with van der Waals surface area (Å²) in [4.78, 5) is 17.9. The number of hydrogen-bond acceptors (Lipinski definition) is 10. The van der Waals surface area contributed by atoms with Crippen LogP contribution in [0.4, 0.5) is 5.95 Å². The minimum Gasteiger partial charge on any atom is -0.475 e. The molecule has 1 aromatic heterocycles. The molecule has 0 spiro atoms. The molecule has 0 radical (unpaired) electrons. The molecular weight excluding hydrogens is 581 g/mol. The third-order valence-electron chi connectivity index (χ3n) is 6.52. The highest BCUT2D eigenvalue weighted by molar-refractivity contribution is 8.76. The summed E-state index contributed by atoms with van der Waals surface area (Å²) in [5.74, 6) is 2.51. The molecule has 0 amide bonds. The number of anilines is 1. The third-order valence-corrected chi connectivity index (χ3v) is 10.2. The van der Waals surface area contributed by atoms with Gasteiger partial charge in [0.2, 0.25) is 11.8 Å². The lowest BCUT2D eigenvalue weighted by molar-refractivity contribution is -0.00115. The molecule has 0 aliphatic carbocycles. The fourth-order valence-electron chi connectivity index (χ4n) is 4.15. The molecule has 0 aliphatic rings. The maximum absolute atomic E-state index is 12.2. The molecule has 12 heteroatoms. The largest absolute Gasteiger partial charge is 0.475 e. The molecule has 2 atom stereocenters. The van der Waals surface area contributed by atoms with E-state index in [1.54, 1.807) is 13.0 Å². The lowest BCUT2D eigenvalue weighted by Crippen LogP contribution is -2.26. The van der Waals surface area contributed by atoms with Crippen LogP contribution in [0.15, 0.2) is 6.07 Å². The second-order valence-electron chi connectivity index (χ2n) is 10.5. The van der Waals surface area contributed by atoms with E-state index in [1.807, 2.05) is 21.6 Å². The first-order valence-electron chi connectivity index (χ1n) is 15.5. The van der Waals surface area contributed by atoms with Crippen LogP contribution >= 0.6 is 29.2 Å². The lowest BCUT2D eigenvalue weighted by atomic mass is 10.0. The van der Waals surface area contributed by atoms with Gasteiger partial charge in [0.1, 0.15) is 19.1 Å². The van der Waals surface area contributed by atoms with Crippen LogP contribution < -0.4 is 10.5 Å². The van der Waals surface area contributed by atoms with Gasteiger partial charge in [-0.3, -0.25) is 4.57 Å². The summed E-state index contributed by atoms with van der Waals surface area (Å²) in [6.45, 7) is 3.79. The van der Waals surface area contributed by atoms with Gasteiger partial charge in [-0.25, -0.2) is 4.98 Å². The van der Waals surface area contributed by atoms with Crippen molar-refractivity contribution in [3.8, 4) is 5.88 Å². The van der Waals surface area contributed by atoms with Gasteiger partial charge in [0, 0.05) is 23.3 Å². The first-order valence-corrected chi connectivity index (χ1v) is 19.8. The molecule has 0 bridgehead atoms. The van der Waals surface area contributed by atoms with Crippen molar-refractivity contribution in [3.05, 3.63) is 11.8 Å². The molecule has 0 aromatic carbocycles. The van der Waals surface area contributed by atoms with E-state index >= 15 is 0 Å². The molecule has 2 unspecified atom stereocenters. The Morgan fingerprint density at radius 3 is 1.95 bits per heavy atom. The van der Waals surface area contributed by atoms with Crippen molar-refractivity contribution in [3.63, 3.8) is 0 Å². The number of aliphatic hydroxyl groups excluding tert-OH is 1. The van der Waals surface area contributed by atoms with Gasteiger partial charge in [-0.05, 0) is 26.2 Å². The quantitative estimate of drug-likeness (QED) is 0.0449. The maximum atomic E-state index is 12.2. The molecule has 0 aliphatic heterocycles. The SMILES string of the molecule is CCCCCCCCCCCCCCCCSSCCCCOP(=O)(O)COC(CO)COc1cc(C)nc(N)n1. The highest BCUT2D eigenvalue weighted by Crippen LogP contribution is 2.42. The summed E-state index contributed by atoms with van der Waals surface area (Å²) < 4.78 is 28.2. The van der Waals surface area contributed by atoms with Crippen LogP contribution in [0, 0.1) is 6.92 Å². The van der Waals surface area contributed by atoms with Gasteiger partial charge in [0.05, 0.1) is 13.2 Å². The van der Waals surface area contributed by atoms with E-state index < -0.39 is 20.0 Å². The fraction of sp³-hybridized carbons (Fsp3) is 0.862. The summed E-state index contributed by atoms with van der Waals surface area (Å²) in [5.41, 5.74) is 6.23. The Bertz CT molecular complexity index is 792. The number of aliphatic hydroxyl groups is 1. The predicted octanol–water partition coefficient (Wildman–Crippen LogP) is 7.93. The van der Waals surface area contributed by atoms with E-state index in [4.69, 9.17) is 19.7 Å². The zero-order chi connectivity index (χ0) is 30.0. The molecule has 0 saturated heterocycles. The van der Waals surface area contributed by atoms with E-state index in [2.05, 4.69) is 16.9 Å². The number of nitrogens with two attached hydrogens (primary N) is 1. The number of nitrogens with zero attached hydrogens (tertiary/aromatic N) is 2. The second-order valence-corrected chi connectivity index (χ2v) is 15.0. The monoisotopic (exact) mass is 637 g/mol. The van der Waals surface area contributed by atoms with E-state index in [0.717, 1.165) is 12.2 Å². The van der Waals surface area contributed by atoms with Gasteiger partial charge in [-0.2, -0.15) is 4.98 Å². The first-order chi connectivity index (χ1) is 19.9. The van der Waals surface area contributed by atoms with Crippen LogP contribution in [0.5, 0.6) is 5.88 Å². The minimum absolute atomic E-state index is 0.0549. The molecule has 0 fully saturated rings. The van der Waals surface area contributed by atoms with Gasteiger partial charge in [-0.15, -0.1) is 0 Å². The van der Waals surface area contributed by atoms with Crippen molar-refractivity contribution < 1.29 is 28.6 Å². The fourth-order valence-corrected chi connectivity index (χ4v) is 7.33. The Balaban J connectivity index is 1.90. The van der Waals surface area contributed by atoms with Crippen LogP contribution in [0.25, 0.3) is 0 Å².